The molecule has 0 spiro atoms. The van der Waals surface area contributed by atoms with Gasteiger partial charge in [0.15, 0.2) is 0 Å². The van der Waals surface area contributed by atoms with Crippen LogP contribution in [0.25, 0.3) is 11.0 Å². The van der Waals surface area contributed by atoms with Crippen LogP contribution in [0.3, 0.4) is 0 Å². The van der Waals surface area contributed by atoms with Gasteiger partial charge in [0.1, 0.15) is 5.65 Å². The highest BCUT2D eigenvalue weighted by Gasteiger charge is 2.18. The Balaban J connectivity index is 1.80. The molecule has 13 heteroatoms. The zero-order valence-electron chi connectivity index (χ0n) is 16.3. The van der Waals surface area contributed by atoms with Gasteiger partial charge in [-0.3, -0.25) is 33.6 Å². The molecule has 0 unspecified atom stereocenters. The highest BCUT2D eigenvalue weighted by Crippen LogP contribution is 2.30. The summed E-state index contributed by atoms with van der Waals surface area (Å²) in [6.07, 6.45) is 1.30. The molecule has 3 rings (SSSR count). The van der Waals surface area contributed by atoms with Gasteiger partial charge in [-0.1, -0.05) is 0 Å². The molecule has 2 heterocycles. The molecule has 0 aliphatic rings. The van der Waals surface area contributed by atoms with Crippen molar-refractivity contribution in [3.8, 4) is 0 Å². The predicted octanol–water partition coefficient (Wildman–Crippen LogP) is 0.370. The van der Waals surface area contributed by atoms with Crippen LogP contribution in [0, 0.1) is 10.1 Å². The van der Waals surface area contributed by atoms with Gasteiger partial charge in [0, 0.05) is 25.7 Å². The molecule has 0 radical (unpaired) electrons. The summed E-state index contributed by atoms with van der Waals surface area (Å²) in [7, 11) is 2.81. The number of carbonyl (C=O) groups excluding carboxylic acids is 2. The average Bonchev–Trinajstić information content (AvgIpc) is 2.74. The van der Waals surface area contributed by atoms with Gasteiger partial charge < -0.3 is 11.1 Å². The molecule has 12 nitrogen and oxygen atoms in total. The number of hydrogen-bond donors (Lipinski definition) is 2. The molecule has 0 atom stereocenters. The highest BCUT2D eigenvalue weighted by atomic mass is 32.2. The second-order valence-electron chi connectivity index (χ2n) is 6.44. The summed E-state index contributed by atoms with van der Waals surface area (Å²) < 4.78 is 2.15. The number of aromatic nitrogens is 3. The Kier molecular flexibility index (Phi) is 5.88. The van der Waals surface area contributed by atoms with Crippen molar-refractivity contribution in [2.75, 3.05) is 11.1 Å². The number of nitrogens with zero attached hydrogens (tertiary/aromatic N) is 4. The quantitative estimate of drug-likeness (QED) is 0.312. The van der Waals surface area contributed by atoms with Crippen LogP contribution >= 0.6 is 11.8 Å². The lowest BCUT2D eigenvalue weighted by molar-refractivity contribution is -0.387. The van der Waals surface area contributed by atoms with E-state index in [1.54, 1.807) is 0 Å². The summed E-state index contributed by atoms with van der Waals surface area (Å²) in [5.41, 5.74) is 4.10. The van der Waals surface area contributed by atoms with Gasteiger partial charge in [0.25, 0.3) is 11.2 Å². The Morgan fingerprint density at radius 1 is 1.23 bits per heavy atom. The number of anilines is 1. The summed E-state index contributed by atoms with van der Waals surface area (Å²) in [5.74, 6) is -1.48. The van der Waals surface area contributed by atoms with Gasteiger partial charge in [-0.2, -0.15) is 0 Å². The van der Waals surface area contributed by atoms with Crippen LogP contribution in [0.4, 0.5) is 11.4 Å². The summed E-state index contributed by atoms with van der Waals surface area (Å²) in [5, 5.41) is 14.0. The number of thioether (sulfide) groups is 1. The van der Waals surface area contributed by atoms with Crippen molar-refractivity contribution in [1.82, 2.24) is 14.1 Å². The minimum Gasteiger partial charge on any atom is -0.366 e. The number of pyridine rings is 1. The Morgan fingerprint density at radius 3 is 2.58 bits per heavy atom. The van der Waals surface area contributed by atoms with Crippen LogP contribution in [0.2, 0.25) is 0 Å². The number of amides is 2. The maximum Gasteiger partial charge on any atom is 0.332 e. The molecular formula is C18H16N6O6S. The monoisotopic (exact) mass is 444 g/mol. The van der Waals surface area contributed by atoms with E-state index in [0.29, 0.717) is 0 Å². The number of nitrogens with one attached hydrogen (secondary N) is 1. The number of rotatable bonds is 6. The second kappa shape index (κ2) is 8.39. The number of fused-ring (bicyclic) bond motifs is 1. The van der Waals surface area contributed by atoms with Gasteiger partial charge in [-0.05, 0) is 18.2 Å². The molecule has 0 aliphatic heterocycles. The lowest BCUT2D eigenvalue weighted by Crippen LogP contribution is -2.37. The molecule has 0 saturated heterocycles. The molecule has 0 aliphatic carbocycles. The van der Waals surface area contributed by atoms with Crippen molar-refractivity contribution < 1.29 is 14.5 Å². The molecule has 0 saturated carbocycles. The molecule has 1 aromatic carbocycles. The summed E-state index contributed by atoms with van der Waals surface area (Å²) in [6.45, 7) is 0. The van der Waals surface area contributed by atoms with Crippen molar-refractivity contribution in [2.24, 2.45) is 19.8 Å². The van der Waals surface area contributed by atoms with Crippen LogP contribution in [0.1, 0.15) is 10.4 Å². The van der Waals surface area contributed by atoms with Crippen molar-refractivity contribution in [3.63, 3.8) is 0 Å². The molecule has 2 amide bonds. The van der Waals surface area contributed by atoms with Gasteiger partial charge in [-0.25, -0.2) is 9.78 Å². The Morgan fingerprint density at radius 2 is 1.94 bits per heavy atom. The molecule has 0 bridgehead atoms. The van der Waals surface area contributed by atoms with Crippen molar-refractivity contribution >= 4 is 46.0 Å². The molecule has 160 valence electrons. The van der Waals surface area contributed by atoms with E-state index < -0.39 is 28.0 Å². The van der Waals surface area contributed by atoms with E-state index in [-0.39, 0.29) is 38.6 Å². The summed E-state index contributed by atoms with van der Waals surface area (Å²) in [6, 6.07) is 5.13. The van der Waals surface area contributed by atoms with Crippen molar-refractivity contribution in [3.05, 3.63) is 67.0 Å². The van der Waals surface area contributed by atoms with Crippen LogP contribution in [-0.2, 0) is 18.9 Å². The first-order chi connectivity index (χ1) is 14.6. The fraction of sp³-hybridized carbons (Fsp3) is 0.167. The topological polar surface area (TPSA) is 172 Å². The standard InChI is InChI=1S/C18H16N6O6S/c1-22-16-11(17(27)23(2)18(22)28)6-10(7-20-16)21-14(25)8-31-13-4-3-9(15(19)26)5-12(13)24(29)30/h3-7H,8H2,1-2H3,(H2,19,26)(H,21,25). The minimum absolute atomic E-state index is 0.0151. The van der Waals surface area contributed by atoms with E-state index in [2.05, 4.69) is 10.3 Å². The van der Waals surface area contributed by atoms with Crippen LogP contribution in [0.15, 0.2) is 44.9 Å². The molecular weight excluding hydrogens is 428 g/mol. The number of benzene rings is 1. The second-order valence-corrected chi connectivity index (χ2v) is 7.46. The summed E-state index contributed by atoms with van der Waals surface area (Å²) in [4.78, 5) is 62.6. The van der Waals surface area contributed by atoms with Gasteiger partial charge >= 0.3 is 5.69 Å². The van der Waals surface area contributed by atoms with E-state index in [0.717, 1.165) is 22.4 Å². The average molecular weight is 444 g/mol. The van der Waals surface area contributed by atoms with E-state index in [1.165, 1.54) is 43.1 Å². The summed E-state index contributed by atoms with van der Waals surface area (Å²) >= 11 is 0.899. The van der Waals surface area contributed by atoms with E-state index in [1.807, 2.05) is 0 Å². The number of carbonyl (C=O) groups is 2. The smallest absolute Gasteiger partial charge is 0.332 e. The molecule has 3 N–H and O–H groups in total. The van der Waals surface area contributed by atoms with Crippen molar-refractivity contribution in [1.29, 1.82) is 0 Å². The van der Waals surface area contributed by atoms with Crippen LogP contribution in [-0.4, -0.2) is 36.6 Å². The first-order valence-corrected chi connectivity index (χ1v) is 9.65. The fourth-order valence-electron chi connectivity index (χ4n) is 2.81. The largest absolute Gasteiger partial charge is 0.366 e. The highest BCUT2D eigenvalue weighted by molar-refractivity contribution is 8.00. The zero-order valence-corrected chi connectivity index (χ0v) is 17.1. The van der Waals surface area contributed by atoms with E-state index >= 15 is 0 Å². The fourth-order valence-corrected chi connectivity index (χ4v) is 3.61. The van der Waals surface area contributed by atoms with Gasteiger partial charge in [0.05, 0.1) is 32.8 Å². The zero-order chi connectivity index (χ0) is 22.9. The third-order valence-electron chi connectivity index (χ3n) is 4.38. The molecule has 3 aromatic rings. The number of nitro benzene ring substituents is 1. The minimum atomic E-state index is -0.801. The van der Waals surface area contributed by atoms with Gasteiger partial charge in [0.2, 0.25) is 11.8 Å². The third kappa shape index (κ3) is 4.30. The Hall–Kier alpha value is -4.00. The maximum absolute atomic E-state index is 12.3. The third-order valence-corrected chi connectivity index (χ3v) is 5.44. The number of nitro groups is 1. The Bertz CT molecular complexity index is 1360. The lowest BCUT2D eigenvalue weighted by atomic mass is 10.2. The SMILES string of the molecule is Cn1c(=O)c2cc(NC(=O)CSc3ccc(C(N)=O)cc3[N+](=O)[O-])cnc2n(C)c1=O. The number of nitrogens with two attached hydrogens (primary N) is 1. The van der Waals surface area contributed by atoms with Crippen molar-refractivity contribution in [2.45, 2.75) is 4.90 Å². The number of aryl methyl sites for hydroxylation is 1. The first kappa shape index (κ1) is 21.7. The molecule has 2 aromatic heterocycles. The van der Waals surface area contributed by atoms with Gasteiger partial charge in [-0.15, -0.1) is 11.8 Å². The molecule has 0 fully saturated rings. The number of primary amides is 1. The first-order valence-electron chi connectivity index (χ1n) is 8.66. The Labute approximate surface area is 177 Å². The molecule has 31 heavy (non-hydrogen) atoms. The predicted molar refractivity (Wildman–Crippen MR) is 113 cm³/mol. The normalized spacial score (nSPS) is 10.8. The van der Waals surface area contributed by atoms with Crippen LogP contribution in [0.5, 0.6) is 0 Å². The lowest BCUT2D eigenvalue weighted by Gasteiger charge is -2.09. The van der Waals surface area contributed by atoms with E-state index in [4.69, 9.17) is 5.73 Å². The number of hydrogen-bond acceptors (Lipinski definition) is 8. The van der Waals surface area contributed by atoms with Crippen LogP contribution < -0.4 is 22.3 Å². The maximum atomic E-state index is 12.3. The van der Waals surface area contributed by atoms with E-state index in [9.17, 15) is 29.3 Å².